The maximum absolute atomic E-state index is 13.5. The molecular weight excluding hydrogens is 462 g/mol. The van der Waals surface area contributed by atoms with Crippen molar-refractivity contribution in [1.29, 1.82) is 0 Å². The maximum Gasteiger partial charge on any atom is 0.262 e. The minimum absolute atomic E-state index is 0.0284. The molecule has 4 aromatic rings. The first kappa shape index (κ1) is 23.4. The predicted octanol–water partition coefficient (Wildman–Crippen LogP) is 4.46. The van der Waals surface area contributed by atoms with Crippen molar-refractivity contribution >= 4 is 32.7 Å². The van der Waals surface area contributed by atoms with Crippen molar-refractivity contribution < 1.29 is 22.0 Å². The molecular formula is C24H22F2N4O3S. The Balaban J connectivity index is 1.62. The molecule has 10 heteroatoms. The number of halogens is 2. The molecule has 2 N–H and O–H groups in total. The van der Waals surface area contributed by atoms with Crippen molar-refractivity contribution in [3.63, 3.8) is 0 Å². The highest BCUT2D eigenvalue weighted by atomic mass is 32.2. The third kappa shape index (κ3) is 4.62. The van der Waals surface area contributed by atoms with Crippen LogP contribution in [-0.4, -0.2) is 29.9 Å². The van der Waals surface area contributed by atoms with E-state index in [1.165, 1.54) is 0 Å². The number of anilines is 1. The highest BCUT2D eigenvalue weighted by Crippen LogP contribution is 2.27. The fourth-order valence-electron chi connectivity index (χ4n) is 3.50. The van der Waals surface area contributed by atoms with E-state index in [0.717, 1.165) is 23.2 Å². The Morgan fingerprint density at radius 2 is 1.68 bits per heavy atom. The Morgan fingerprint density at radius 1 is 0.971 bits per heavy atom. The number of carbonyl (C=O) groups is 1. The number of carbonyl (C=O) groups excluding carboxylic acids is 1. The molecule has 1 aromatic heterocycles. The number of amides is 1. The second-order valence-corrected chi connectivity index (χ2v) is 9.77. The smallest absolute Gasteiger partial charge is 0.262 e. The maximum atomic E-state index is 13.5. The van der Waals surface area contributed by atoms with Crippen LogP contribution in [0.15, 0.2) is 65.6 Å². The lowest BCUT2D eigenvalue weighted by Gasteiger charge is -2.09. The van der Waals surface area contributed by atoms with Crippen LogP contribution in [0.25, 0.3) is 22.4 Å². The molecule has 0 aliphatic rings. The Kier molecular flexibility index (Phi) is 6.09. The molecule has 0 spiro atoms. The SMILES string of the molecule is CC(C)NC(=O)c1ccc(-c2nc3cc(NS(=O)(=O)c4ccc(F)c(F)c4)ccc3n2C)cc1. The van der Waals surface area contributed by atoms with Gasteiger partial charge in [0.05, 0.1) is 21.6 Å². The van der Waals surface area contributed by atoms with Crippen molar-refractivity contribution in [3.05, 3.63) is 77.9 Å². The van der Waals surface area contributed by atoms with E-state index in [0.29, 0.717) is 23.0 Å². The number of rotatable bonds is 6. The van der Waals surface area contributed by atoms with E-state index in [2.05, 4.69) is 15.0 Å². The number of imidazole rings is 1. The second-order valence-electron chi connectivity index (χ2n) is 8.08. The lowest BCUT2D eigenvalue weighted by Crippen LogP contribution is -2.29. The van der Waals surface area contributed by atoms with Gasteiger partial charge in [-0.2, -0.15) is 0 Å². The fourth-order valence-corrected chi connectivity index (χ4v) is 4.56. The molecule has 0 saturated heterocycles. The summed E-state index contributed by atoms with van der Waals surface area (Å²) in [5, 5.41) is 2.84. The molecule has 0 aliphatic carbocycles. The monoisotopic (exact) mass is 484 g/mol. The van der Waals surface area contributed by atoms with E-state index in [1.807, 2.05) is 25.5 Å². The minimum Gasteiger partial charge on any atom is -0.350 e. The molecule has 1 heterocycles. The number of sulfonamides is 1. The number of nitrogens with zero attached hydrogens (tertiary/aromatic N) is 2. The fraction of sp³-hybridized carbons (Fsp3) is 0.167. The highest BCUT2D eigenvalue weighted by Gasteiger charge is 2.18. The summed E-state index contributed by atoms with van der Waals surface area (Å²) in [4.78, 5) is 16.4. The van der Waals surface area contributed by atoms with Gasteiger partial charge in [0.1, 0.15) is 5.82 Å². The zero-order valence-electron chi connectivity index (χ0n) is 18.6. The zero-order chi connectivity index (χ0) is 24.6. The van der Waals surface area contributed by atoms with E-state index in [4.69, 9.17) is 0 Å². The standard InChI is InChI=1S/C24H22F2N4O3S/c1-14(2)27-24(31)16-6-4-15(5-7-16)23-28-21-12-17(8-11-22(21)30(23)3)29-34(32,33)18-9-10-19(25)20(26)13-18/h4-14,29H,1-3H3,(H,27,31). The molecule has 0 aliphatic heterocycles. The van der Waals surface area contributed by atoms with Crippen molar-refractivity contribution in [2.75, 3.05) is 4.72 Å². The van der Waals surface area contributed by atoms with Crippen LogP contribution in [0.1, 0.15) is 24.2 Å². The minimum atomic E-state index is -4.13. The van der Waals surface area contributed by atoms with Crippen LogP contribution in [0.3, 0.4) is 0 Å². The average Bonchev–Trinajstić information content (AvgIpc) is 3.10. The highest BCUT2D eigenvalue weighted by molar-refractivity contribution is 7.92. The topological polar surface area (TPSA) is 93.1 Å². The molecule has 3 aromatic carbocycles. The summed E-state index contributed by atoms with van der Waals surface area (Å²) in [6.07, 6.45) is 0. The van der Waals surface area contributed by atoms with Crippen molar-refractivity contribution in [2.24, 2.45) is 7.05 Å². The van der Waals surface area contributed by atoms with Gasteiger partial charge < -0.3 is 9.88 Å². The van der Waals surface area contributed by atoms with Gasteiger partial charge in [0.15, 0.2) is 11.6 Å². The molecule has 0 radical (unpaired) electrons. The van der Waals surface area contributed by atoms with Crippen LogP contribution in [-0.2, 0) is 17.1 Å². The number of fused-ring (bicyclic) bond motifs is 1. The van der Waals surface area contributed by atoms with Gasteiger partial charge in [0.2, 0.25) is 0 Å². The lowest BCUT2D eigenvalue weighted by molar-refractivity contribution is 0.0943. The third-order valence-corrected chi connectivity index (χ3v) is 6.54. The summed E-state index contributed by atoms with van der Waals surface area (Å²) in [7, 11) is -2.30. The first-order valence-electron chi connectivity index (χ1n) is 10.4. The molecule has 0 fully saturated rings. The number of nitrogens with one attached hydrogen (secondary N) is 2. The molecule has 0 unspecified atom stereocenters. The van der Waals surface area contributed by atoms with Gasteiger partial charge >= 0.3 is 0 Å². The first-order valence-corrected chi connectivity index (χ1v) is 11.9. The van der Waals surface area contributed by atoms with Gasteiger partial charge in [0.25, 0.3) is 15.9 Å². The number of aromatic nitrogens is 2. The summed E-state index contributed by atoms with van der Waals surface area (Å²) in [5.74, 6) is -1.91. The Bertz CT molecular complexity index is 1500. The van der Waals surface area contributed by atoms with Gasteiger partial charge in [-0.3, -0.25) is 9.52 Å². The van der Waals surface area contributed by atoms with Crippen LogP contribution in [0.4, 0.5) is 14.5 Å². The molecule has 34 heavy (non-hydrogen) atoms. The second kappa shape index (κ2) is 8.86. The number of aryl methyl sites for hydroxylation is 1. The van der Waals surface area contributed by atoms with Crippen molar-refractivity contribution in [2.45, 2.75) is 24.8 Å². The first-order chi connectivity index (χ1) is 16.0. The zero-order valence-corrected chi connectivity index (χ0v) is 19.5. The number of hydrogen-bond acceptors (Lipinski definition) is 4. The van der Waals surface area contributed by atoms with Crippen LogP contribution in [0.2, 0.25) is 0 Å². The largest absolute Gasteiger partial charge is 0.350 e. The molecule has 1 amide bonds. The van der Waals surface area contributed by atoms with Crippen LogP contribution in [0.5, 0.6) is 0 Å². The van der Waals surface area contributed by atoms with Crippen molar-refractivity contribution in [3.8, 4) is 11.4 Å². The summed E-state index contributed by atoms with van der Waals surface area (Å²) >= 11 is 0. The Labute approximate surface area is 195 Å². The number of hydrogen-bond donors (Lipinski definition) is 2. The Hall–Kier alpha value is -3.79. The quantitative estimate of drug-likeness (QED) is 0.423. The van der Waals surface area contributed by atoms with Crippen molar-refractivity contribution in [1.82, 2.24) is 14.9 Å². The van der Waals surface area contributed by atoms with Gasteiger partial charge in [-0.15, -0.1) is 0 Å². The summed E-state index contributed by atoms with van der Waals surface area (Å²) in [6, 6.07) is 14.2. The van der Waals surface area contributed by atoms with E-state index in [1.54, 1.807) is 42.5 Å². The van der Waals surface area contributed by atoms with Crippen LogP contribution >= 0.6 is 0 Å². The van der Waals surface area contributed by atoms with Gasteiger partial charge in [-0.05, 0) is 62.4 Å². The third-order valence-electron chi connectivity index (χ3n) is 5.16. The lowest BCUT2D eigenvalue weighted by atomic mass is 10.1. The molecule has 4 rings (SSSR count). The normalized spacial score (nSPS) is 11.7. The van der Waals surface area contributed by atoms with Gasteiger partial charge in [-0.25, -0.2) is 22.2 Å². The average molecular weight is 485 g/mol. The van der Waals surface area contributed by atoms with Gasteiger partial charge in [-0.1, -0.05) is 12.1 Å². The predicted molar refractivity (Wildman–Crippen MR) is 126 cm³/mol. The van der Waals surface area contributed by atoms with E-state index in [-0.39, 0.29) is 17.6 Å². The van der Waals surface area contributed by atoms with Crippen LogP contribution in [0, 0.1) is 11.6 Å². The molecule has 0 bridgehead atoms. The van der Waals surface area contributed by atoms with E-state index in [9.17, 15) is 22.0 Å². The summed E-state index contributed by atoms with van der Waals surface area (Å²) < 4.78 is 56.0. The van der Waals surface area contributed by atoms with E-state index >= 15 is 0 Å². The molecule has 7 nitrogen and oxygen atoms in total. The summed E-state index contributed by atoms with van der Waals surface area (Å²) in [6.45, 7) is 3.77. The van der Waals surface area contributed by atoms with Crippen LogP contribution < -0.4 is 10.0 Å². The number of benzene rings is 3. The molecule has 176 valence electrons. The Morgan fingerprint density at radius 3 is 2.32 bits per heavy atom. The van der Waals surface area contributed by atoms with Gasteiger partial charge in [0, 0.05) is 24.2 Å². The summed E-state index contributed by atoms with van der Waals surface area (Å²) in [5.41, 5.74) is 2.83. The van der Waals surface area contributed by atoms with E-state index < -0.39 is 26.6 Å². The molecule has 0 atom stereocenters. The molecule has 0 saturated carbocycles.